The van der Waals surface area contributed by atoms with Crippen LogP contribution in [0, 0.1) is 0 Å². The Bertz CT molecular complexity index is 905. The molecule has 7 heteroatoms. The number of hydrogen-bond donors (Lipinski definition) is 1. The van der Waals surface area contributed by atoms with E-state index in [9.17, 15) is 4.79 Å². The SMILES string of the molecule is COC(=O)c1csc(C(=C(SC)SC)c2c[nH]c3ccccc23)n1. The molecule has 2 heterocycles. The number of hydrogen-bond acceptors (Lipinski definition) is 6. The molecule has 0 unspecified atom stereocenters. The monoisotopic (exact) mass is 376 g/mol. The Morgan fingerprint density at radius 1 is 1.25 bits per heavy atom. The standard InChI is InChI=1S/C17H16N2O2S3/c1-21-16(20)13-9-24-15(19-13)14(17(22-2)23-3)11-8-18-12-7-5-4-6-10(11)12/h4-9,18H,1-3H3. The van der Waals surface area contributed by atoms with Crippen molar-refractivity contribution in [2.24, 2.45) is 0 Å². The minimum atomic E-state index is -0.411. The van der Waals surface area contributed by atoms with Crippen LogP contribution in [-0.4, -0.2) is 35.6 Å². The second kappa shape index (κ2) is 7.46. The Balaban J connectivity index is 2.20. The molecule has 0 aliphatic rings. The van der Waals surface area contributed by atoms with Gasteiger partial charge in [-0.25, -0.2) is 9.78 Å². The number of carbonyl (C=O) groups excluding carboxylic acids is 1. The highest BCUT2D eigenvalue weighted by Crippen LogP contribution is 2.40. The average Bonchev–Trinajstić information content (AvgIpc) is 3.26. The number of aromatic amines is 1. The highest BCUT2D eigenvalue weighted by molar-refractivity contribution is 8.22. The third-order valence-electron chi connectivity index (χ3n) is 3.55. The van der Waals surface area contributed by atoms with Gasteiger partial charge in [-0.1, -0.05) is 18.2 Å². The maximum absolute atomic E-state index is 11.7. The molecule has 3 aromatic rings. The molecule has 0 aliphatic carbocycles. The second-order valence-corrected chi connectivity index (χ2v) is 7.60. The number of carbonyl (C=O) groups is 1. The van der Waals surface area contributed by atoms with Gasteiger partial charge in [0.25, 0.3) is 0 Å². The van der Waals surface area contributed by atoms with Crippen LogP contribution in [0.25, 0.3) is 16.5 Å². The molecular weight excluding hydrogens is 360 g/mol. The number of methoxy groups -OCH3 is 1. The highest BCUT2D eigenvalue weighted by atomic mass is 32.2. The molecule has 0 amide bonds. The molecule has 4 nitrogen and oxygen atoms in total. The predicted molar refractivity (Wildman–Crippen MR) is 105 cm³/mol. The highest BCUT2D eigenvalue weighted by Gasteiger charge is 2.20. The molecule has 0 saturated heterocycles. The van der Waals surface area contributed by atoms with Crippen LogP contribution in [-0.2, 0) is 4.74 Å². The third-order valence-corrected chi connectivity index (χ3v) is 6.56. The van der Waals surface area contributed by atoms with Crippen LogP contribution in [0.4, 0.5) is 0 Å². The lowest BCUT2D eigenvalue weighted by molar-refractivity contribution is 0.0595. The molecule has 0 atom stereocenters. The van der Waals surface area contributed by atoms with Crippen LogP contribution in [0.3, 0.4) is 0 Å². The van der Waals surface area contributed by atoms with E-state index in [1.165, 1.54) is 18.4 Å². The van der Waals surface area contributed by atoms with E-state index in [1.54, 1.807) is 28.9 Å². The van der Waals surface area contributed by atoms with Gasteiger partial charge < -0.3 is 9.72 Å². The lowest BCUT2D eigenvalue weighted by Crippen LogP contribution is -2.01. The largest absolute Gasteiger partial charge is 0.464 e. The predicted octanol–water partition coefficient (Wildman–Crippen LogP) is 4.85. The van der Waals surface area contributed by atoms with Crippen LogP contribution in [0.15, 0.2) is 40.1 Å². The lowest BCUT2D eigenvalue weighted by atomic mass is 10.1. The van der Waals surface area contributed by atoms with Crippen LogP contribution in [0.1, 0.15) is 21.1 Å². The van der Waals surface area contributed by atoms with E-state index in [0.717, 1.165) is 31.3 Å². The number of H-pyrrole nitrogens is 1. The van der Waals surface area contributed by atoms with Crippen LogP contribution in [0.2, 0.25) is 0 Å². The molecule has 3 rings (SSSR count). The van der Waals surface area contributed by atoms with E-state index < -0.39 is 5.97 Å². The smallest absolute Gasteiger partial charge is 0.357 e. The van der Waals surface area contributed by atoms with Gasteiger partial charge in [-0.3, -0.25) is 0 Å². The maximum atomic E-state index is 11.7. The fourth-order valence-corrected chi connectivity index (χ4v) is 4.94. The topological polar surface area (TPSA) is 55.0 Å². The molecule has 24 heavy (non-hydrogen) atoms. The molecule has 124 valence electrons. The Labute approximate surface area is 152 Å². The number of para-hydroxylation sites is 1. The summed E-state index contributed by atoms with van der Waals surface area (Å²) >= 11 is 4.82. The zero-order chi connectivity index (χ0) is 17.1. The summed E-state index contributed by atoms with van der Waals surface area (Å²) in [5.74, 6) is -0.411. The van der Waals surface area contributed by atoms with Gasteiger partial charge in [-0.15, -0.1) is 34.9 Å². The zero-order valence-electron chi connectivity index (χ0n) is 13.5. The number of rotatable bonds is 5. The van der Waals surface area contributed by atoms with E-state index in [4.69, 9.17) is 4.74 Å². The van der Waals surface area contributed by atoms with Crippen LogP contribution >= 0.6 is 34.9 Å². The van der Waals surface area contributed by atoms with Crippen molar-refractivity contribution in [2.75, 3.05) is 19.6 Å². The quantitative estimate of drug-likeness (QED) is 0.645. The van der Waals surface area contributed by atoms with Crippen molar-refractivity contribution in [3.8, 4) is 0 Å². The summed E-state index contributed by atoms with van der Waals surface area (Å²) in [7, 11) is 1.37. The fraction of sp³-hybridized carbons (Fsp3) is 0.176. The Hall–Kier alpha value is -1.70. The number of nitrogens with zero attached hydrogens (tertiary/aromatic N) is 1. The first-order chi connectivity index (χ1) is 11.7. The summed E-state index contributed by atoms with van der Waals surface area (Å²) in [6, 6.07) is 8.18. The maximum Gasteiger partial charge on any atom is 0.357 e. The van der Waals surface area contributed by atoms with Gasteiger partial charge in [-0.2, -0.15) is 0 Å². The lowest BCUT2D eigenvalue weighted by Gasteiger charge is -2.09. The minimum absolute atomic E-state index is 0.344. The number of esters is 1. The molecule has 0 spiro atoms. The van der Waals surface area contributed by atoms with Crippen molar-refractivity contribution in [3.05, 3.63) is 56.3 Å². The summed E-state index contributed by atoms with van der Waals surface area (Å²) in [4.78, 5) is 19.6. The molecule has 0 fully saturated rings. The van der Waals surface area contributed by atoms with E-state index in [-0.39, 0.29) is 0 Å². The first-order valence-electron chi connectivity index (χ1n) is 7.12. The van der Waals surface area contributed by atoms with Gasteiger partial charge in [0, 0.05) is 33.6 Å². The summed E-state index contributed by atoms with van der Waals surface area (Å²) in [5, 5.41) is 3.70. The summed E-state index contributed by atoms with van der Waals surface area (Å²) in [6.07, 6.45) is 6.11. The Kier molecular flexibility index (Phi) is 5.33. The van der Waals surface area contributed by atoms with Gasteiger partial charge in [-0.05, 0) is 18.6 Å². The van der Waals surface area contributed by atoms with Crippen molar-refractivity contribution in [2.45, 2.75) is 0 Å². The van der Waals surface area contributed by atoms with E-state index in [0.29, 0.717) is 5.69 Å². The minimum Gasteiger partial charge on any atom is -0.464 e. The molecule has 0 bridgehead atoms. The summed E-state index contributed by atoms with van der Waals surface area (Å²) in [6.45, 7) is 0. The van der Waals surface area contributed by atoms with Crippen molar-refractivity contribution < 1.29 is 9.53 Å². The number of benzene rings is 1. The first-order valence-corrected chi connectivity index (χ1v) is 10.5. The third kappa shape index (κ3) is 3.11. The van der Waals surface area contributed by atoms with Crippen LogP contribution in [0.5, 0.6) is 0 Å². The van der Waals surface area contributed by atoms with Gasteiger partial charge in [0.1, 0.15) is 5.01 Å². The molecule has 0 saturated carbocycles. The number of ether oxygens (including phenoxy) is 1. The number of aromatic nitrogens is 2. The summed E-state index contributed by atoms with van der Waals surface area (Å²) < 4.78 is 5.93. The van der Waals surface area contributed by atoms with Crippen molar-refractivity contribution in [3.63, 3.8) is 0 Å². The van der Waals surface area contributed by atoms with Gasteiger partial charge in [0.2, 0.25) is 0 Å². The number of fused-ring (bicyclic) bond motifs is 1. The Morgan fingerprint density at radius 3 is 2.71 bits per heavy atom. The van der Waals surface area contributed by atoms with Crippen molar-refractivity contribution in [1.82, 2.24) is 9.97 Å². The van der Waals surface area contributed by atoms with E-state index >= 15 is 0 Å². The molecule has 1 N–H and O–H groups in total. The summed E-state index contributed by atoms with van der Waals surface area (Å²) in [5.41, 5.74) is 3.57. The molecular formula is C17H16N2O2S3. The average molecular weight is 377 g/mol. The van der Waals surface area contributed by atoms with Crippen molar-refractivity contribution >= 4 is 57.3 Å². The van der Waals surface area contributed by atoms with Gasteiger partial charge in [0.05, 0.1) is 11.3 Å². The Morgan fingerprint density at radius 2 is 2.00 bits per heavy atom. The van der Waals surface area contributed by atoms with Crippen LogP contribution < -0.4 is 0 Å². The molecule has 1 aromatic carbocycles. The zero-order valence-corrected chi connectivity index (χ0v) is 15.9. The molecule has 0 radical (unpaired) electrons. The normalized spacial score (nSPS) is 10.8. The molecule has 2 aromatic heterocycles. The van der Waals surface area contributed by atoms with Gasteiger partial charge >= 0.3 is 5.97 Å². The number of thiazole rings is 1. The molecule has 0 aliphatic heterocycles. The van der Waals surface area contributed by atoms with Crippen molar-refractivity contribution in [1.29, 1.82) is 0 Å². The van der Waals surface area contributed by atoms with E-state index in [1.807, 2.05) is 18.3 Å². The number of thioether (sulfide) groups is 2. The fourth-order valence-electron chi connectivity index (χ4n) is 2.47. The second-order valence-electron chi connectivity index (χ2n) is 4.85. The van der Waals surface area contributed by atoms with E-state index in [2.05, 4.69) is 34.6 Å². The van der Waals surface area contributed by atoms with Gasteiger partial charge in [0.15, 0.2) is 5.69 Å². The number of nitrogens with one attached hydrogen (secondary N) is 1. The first kappa shape index (κ1) is 17.1.